The van der Waals surface area contributed by atoms with Crippen LogP contribution >= 0.6 is 0 Å². The Morgan fingerprint density at radius 3 is 2.24 bits per heavy atom. The van der Waals surface area contributed by atoms with Crippen molar-refractivity contribution in [3.05, 3.63) is 65.9 Å². The van der Waals surface area contributed by atoms with E-state index in [0.29, 0.717) is 17.1 Å². The number of alkyl halides is 3. The number of anilines is 4. The van der Waals surface area contributed by atoms with Crippen molar-refractivity contribution < 1.29 is 17.9 Å². The molecule has 3 aromatic rings. The van der Waals surface area contributed by atoms with Gasteiger partial charge in [-0.3, -0.25) is 0 Å². The van der Waals surface area contributed by atoms with Crippen LogP contribution in [0.4, 0.5) is 36.3 Å². The molecular formula is C21H21F3N4O. The first-order chi connectivity index (χ1) is 13.8. The molecule has 1 heterocycles. The molecule has 1 aromatic heterocycles. The zero-order chi connectivity index (χ0) is 21.0. The Bertz CT molecular complexity index is 957. The first-order valence-corrected chi connectivity index (χ1v) is 8.99. The molecule has 0 radical (unpaired) electrons. The van der Waals surface area contributed by atoms with Crippen LogP contribution in [0.2, 0.25) is 0 Å². The lowest BCUT2D eigenvalue weighted by Crippen LogP contribution is -2.19. The van der Waals surface area contributed by atoms with E-state index in [1.807, 2.05) is 31.2 Å². The van der Waals surface area contributed by atoms with Crippen molar-refractivity contribution >= 4 is 23.1 Å². The van der Waals surface area contributed by atoms with Gasteiger partial charge in [0.2, 0.25) is 5.95 Å². The second-order valence-electron chi connectivity index (χ2n) is 6.36. The third kappa shape index (κ3) is 4.77. The fourth-order valence-electron chi connectivity index (χ4n) is 2.77. The number of hydrogen-bond acceptors (Lipinski definition) is 5. The molecule has 152 valence electrons. The molecule has 0 amide bonds. The molecule has 0 saturated carbocycles. The van der Waals surface area contributed by atoms with E-state index in [-0.39, 0.29) is 11.8 Å². The molecule has 0 fully saturated rings. The monoisotopic (exact) mass is 402 g/mol. The highest BCUT2D eigenvalue weighted by Gasteiger charge is 2.36. The molecule has 0 bridgehead atoms. The Labute approximate surface area is 167 Å². The van der Waals surface area contributed by atoms with Gasteiger partial charge in [-0.2, -0.15) is 18.2 Å². The van der Waals surface area contributed by atoms with Crippen LogP contribution in [0.5, 0.6) is 5.75 Å². The number of nitrogens with one attached hydrogen (secondary N) is 1. The maximum Gasteiger partial charge on any atom is 0.421 e. The van der Waals surface area contributed by atoms with Crippen molar-refractivity contribution in [2.45, 2.75) is 19.5 Å². The van der Waals surface area contributed by atoms with Crippen molar-refractivity contribution in [3.8, 4) is 5.75 Å². The molecule has 1 N–H and O–H groups in total. The van der Waals surface area contributed by atoms with Crippen LogP contribution in [0.3, 0.4) is 0 Å². The minimum Gasteiger partial charge on any atom is -0.497 e. The highest BCUT2D eigenvalue weighted by molar-refractivity contribution is 5.65. The SMILES string of the molecule is CCc1ccc(Nc2ncc(C(F)(F)F)c(N(C)c3ccc(OC)cc3)n2)cc1. The molecule has 0 unspecified atom stereocenters. The summed E-state index contributed by atoms with van der Waals surface area (Å²) in [5, 5.41) is 2.96. The molecule has 0 saturated heterocycles. The first-order valence-electron chi connectivity index (χ1n) is 8.99. The molecule has 3 rings (SSSR count). The fraction of sp³-hybridized carbons (Fsp3) is 0.238. The predicted molar refractivity (Wildman–Crippen MR) is 107 cm³/mol. The summed E-state index contributed by atoms with van der Waals surface area (Å²) in [6.07, 6.45) is -2.89. The number of benzene rings is 2. The minimum atomic E-state index is -4.59. The lowest BCUT2D eigenvalue weighted by atomic mass is 10.1. The van der Waals surface area contributed by atoms with Crippen molar-refractivity contribution in [2.75, 3.05) is 24.4 Å². The number of rotatable bonds is 6. The van der Waals surface area contributed by atoms with Crippen molar-refractivity contribution in [3.63, 3.8) is 0 Å². The Morgan fingerprint density at radius 2 is 1.69 bits per heavy atom. The third-order valence-electron chi connectivity index (χ3n) is 4.47. The standard InChI is InChI=1S/C21H21F3N4O/c1-4-14-5-7-15(8-6-14)26-20-25-13-18(21(22,23)24)19(27-20)28(2)16-9-11-17(29-3)12-10-16/h5-13H,4H2,1-3H3,(H,25,26,27). The Kier molecular flexibility index (Phi) is 5.91. The summed E-state index contributed by atoms with van der Waals surface area (Å²) in [5.74, 6) is 0.446. The molecule has 0 atom stereocenters. The zero-order valence-electron chi connectivity index (χ0n) is 16.3. The van der Waals surface area contributed by atoms with Crippen LogP contribution < -0.4 is 15.0 Å². The lowest BCUT2D eigenvalue weighted by molar-refractivity contribution is -0.137. The molecule has 0 spiro atoms. The molecular weight excluding hydrogens is 381 g/mol. The normalized spacial score (nSPS) is 11.2. The van der Waals surface area contributed by atoms with E-state index in [9.17, 15) is 13.2 Å². The summed E-state index contributed by atoms with van der Waals surface area (Å²) < 4.78 is 45.7. The van der Waals surface area contributed by atoms with Crippen LogP contribution in [-0.2, 0) is 12.6 Å². The Morgan fingerprint density at radius 1 is 1.03 bits per heavy atom. The number of hydrogen-bond donors (Lipinski definition) is 1. The van der Waals surface area contributed by atoms with Crippen molar-refractivity contribution in [1.82, 2.24) is 9.97 Å². The summed E-state index contributed by atoms with van der Waals surface area (Å²) >= 11 is 0. The Hall–Kier alpha value is -3.29. The molecule has 2 aromatic carbocycles. The summed E-state index contributed by atoms with van der Waals surface area (Å²) in [6, 6.07) is 14.2. The van der Waals surface area contributed by atoms with Crippen LogP contribution in [0.15, 0.2) is 54.7 Å². The topological polar surface area (TPSA) is 50.3 Å². The van der Waals surface area contributed by atoms with Crippen LogP contribution in [0.25, 0.3) is 0 Å². The maximum atomic E-state index is 13.5. The highest BCUT2D eigenvalue weighted by atomic mass is 19.4. The van der Waals surface area contributed by atoms with Gasteiger partial charge in [-0.25, -0.2) is 4.98 Å². The van der Waals surface area contributed by atoms with Crippen LogP contribution in [0.1, 0.15) is 18.1 Å². The van der Waals surface area contributed by atoms with Crippen molar-refractivity contribution in [2.24, 2.45) is 0 Å². The van der Waals surface area contributed by atoms with Gasteiger partial charge in [-0.15, -0.1) is 0 Å². The van der Waals surface area contributed by atoms with Gasteiger partial charge in [-0.1, -0.05) is 19.1 Å². The zero-order valence-corrected chi connectivity index (χ0v) is 16.3. The quantitative estimate of drug-likeness (QED) is 0.584. The molecule has 8 heteroatoms. The van der Waals surface area contributed by atoms with Gasteiger partial charge in [-0.05, 0) is 48.4 Å². The Balaban J connectivity index is 1.96. The number of halogens is 3. The second kappa shape index (κ2) is 8.38. The molecule has 5 nitrogen and oxygen atoms in total. The number of ether oxygens (including phenoxy) is 1. The summed E-state index contributed by atoms with van der Waals surface area (Å²) in [4.78, 5) is 9.38. The lowest BCUT2D eigenvalue weighted by Gasteiger charge is -2.23. The van der Waals surface area contributed by atoms with Gasteiger partial charge in [0.15, 0.2) is 5.82 Å². The molecule has 0 aliphatic rings. The maximum absolute atomic E-state index is 13.5. The smallest absolute Gasteiger partial charge is 0.421 e. The molecule has 0 aliphatic heterocycles. The van der Waals surface area contributed by atoms with Crippen molar-refractivity contribution in [1.29, 1.82) is 0 Å². The average molecular weight is 402 g/mol. The van der Waals surface area contributed by atoms with E-state index in [4.69, 9.17) is 4.74 Å². The summed E-state index contributed by atoms with van der Waals surface area (Å²) in [7, 11) is 3.05. The average Bonchev–Trinajstić information content (AvgIpc) is 2.73. The third-order valence-corrected chi connectivity index (χ3v) is 4.47. The molecule has 0 aliphatic carbocycles. The second-order valence-corrected chi connectivity index (χ2v) is 6.36. The van der Waals surface area contributed by atoms with Gasteiger partial charge in [0.25, 0.3) is 0 Å². The van der Waals surface area contributed by atoms with E-state index in [1.165, 1.54) is 19.1 Å². The minimum absolute atomic E-state index is 0.0811. The van der Waals surface area contributed by atoms with E-state index >= 15 is 0 Å². The van der Waals surface area contributed by atoms with Gasteiger partial charge in [0.1, 0.15) is 11.3 Å². The van der Waals surface area contributed by atoms with E-state index in [0.717, 1.165) is 18.2 Å². The first kappa shape index (κ1) is 20.4. The highest BCUT2D eigenvalue weighted by Crippen LogP contribution is 2.38. The largest absolute Gasteiger partial charge is 0.497 e. The van der Waals surface area contributed by atoms with Gasteiger partial charge < -0.3 is 15.0 Å². The molecule has 29 heavy (non-hydrogen) atoms. The van der Waals surface area contributed by atoms with Crippen LogP contribution in [-0.4, -0.2) is 24.1 Å². The number of aryl methyl sites for hydroxylation is 1. The predicted octanol–water partition coefficient (Wildman–Crippen LogP) is 5.58. The number of aromatic nitrogens is 2. The van der Waals surface area contributed by atoms with E-state index in [2.05, 4.69) is 15.3 Å². The fourth-order valence-corrected chi connectivity index (χ4v) is 2.77. The summed E-state index contributed by atoms with van der Waals surface area (Å²) in [5.41, 5.74) is 1.47. The van der Waals surface area contributed by atoms with Gasteiger partial charge >= 0.3 is 6.18 Å². The van der Waals surface area contributed by atoms with Gasteiger partial charge in [0.05, 0.1) is 7.11 Å². The summed E-state index contributed by atoms with van der Waals surface area (Å²) in [6.45, 7) is 2.04. The van der Waals surface area contributed by atoms with Crippen LogP contribution in [0, 0.1) is 0 Å². The van der Waals surface area contributed by atoms with E-state index in [1.54, 1.807) is 24.3 Å². The number of methoxy groups -OCH3 is 1. The number of nitrogens with zero attached hydrogens (tertiary/aromatic N) is 3. The van der Waals surface area contributed by atoms with E-state index < -0.39 is 11.7 Å². The van der Waals surface area contributed by atoms with Gasteiger partial charge in [0, 0.05) is 24.6 Å².